The van der Waals surface area contributed by atoms with Crippen LogP contribution in [0.4, 0.5) is 0 Å². The van der Waals surface area contributed by atoms with Crippen LogP contribution in [0.25, 0.3) is 0 Å². The van der Waals surface area contributed by atoms with E-state index in [9.17, 15) is 0 Å². The standard InChI is InChI=1S/C12H23BrO2Si/c1-16(2,3)11(13)7-6-10-15-12-8-4-5-9-14-12/h7,12H,4-6,8-10H2,1-3H3/b11-7-/t12-/m0/s1. The van der Waals surface area contributed by atoms with Crippen molar-refractivity contribution in [2.75, 3.05) is 13.2 Å². The van der Waals surface area contributed by atoms with Crippen LogP contribution in [0.2, 0.25) is 19.6 Å². The first-order valence-electron chi connectivity index (χ1n) is 6.09. The first-order chi connectivity index (χ1) is 7.50. The van der Waals surface area contributed by atoms with E-state index >= 15 is 0 Å². The first-order valence-corrected chi connectivity index (χ1v) is 10.4. The monoisotopic (exact) mass is 306 g/mol. The van der Waals surface area contributed by atoms with Crippen molar-refractivity contribution in [3.63, 3.8) is 0 Å². The Bertz CT molecular complexity index is 230. The van der Waals surface area contributed by atoms with E-state index in [0.717, 1.165) is 26.1 Å². The van der Waals surface area contributed by atoms with Crippen LogP contribution in [0.3, 0.4) is 0 Å². The van der Waals surface area contributed by atoms with Crippen LogP contribution in [0, 0.1) is 0 Å². The van der Waals surface area contributed by atoms with E-state index in [-0.39, 0.29) is 6.29 Å². The van der Waals surface area contributed by atoms with Crippen LogP contribution < -0.4 is 0 Å². The fourth-order valence-corrected chi connectivity index (χ4v) is 2.52. The van der Waals surface area contributed by atoms with Crippen molar-refractivity contribution in [2.45, 2.75) is 51.6 Å². The number of ether oxygens (including phenoxy) is 2. The number of halogens is 1. The summed E-state index contributed by atoms with van der Waals surface area (Å²) in [6, 6.07) is 0. The molecule has 1 aliphatic rings. The van der Waals surface area contributed by atoms with Crippen LogP contribution in [-0.4, -0.2) is 27.6 Å². The fraction of sp³-hybridized carbons (Fsp3) is 0.833. The Balaban J connectivity index is 2.15. The summed E-state index contributed by atoms with van der Waals surface area (Å²) in [5, 5.41) is 0. The average molecular weight is 307 g/mol. The van der Waals surface area contributed by atoms with Crippen molar-refractivity contribution in [3.05, 3.63) is 10.2 Å². The summed E-state index contributed by atoms with van der Waals surface area (Å²) in [7, 11) is -1.16. The Morgan fingerprint density at radius 1 is 1.44 bits per heavy atom. The molecule has 1 atom stereocenters. The van der Waals surface area contributed by atoms with Crippen LogP contribution in [0.15, 0.2) is 10.2 Å². The lowest BCUT2D eigenvalue weighted by molar-refractivity contribution is -0.161. The summed E-state index contributed by atoms with van der Waals surface area (Å²) < 4.78 is 12.6. The SMILES string of the molecule is C[Si](C)(C)/C(Br)=C\CCO[C@H]1CCCCO1. The van der Waals surface area contributed by atoms with E-state index in [2.05, 4.69) is 41.6 Å². The third-order valence-electron chi connectivity index (χ3n) is 2.60. The van der Waals surface area contributed by atoms with Gasteiger partial charge in [0.05, 0.1) is 14.7 Å². The van der Waals surface area contributed by atoms with Crippen LogP contribution >= 0.6 is 15.9 Å². The summed E-state index contributed by atoms with van der Waals surface area (Å²) in [6.45, 7) is 8.62. The predicted octanol–water partition coefficient (Wildman–Crippen LogP) is 4.08. The predicted molar refractivity (Wildman–Crippen MR) is 74.5 cm³/mol. The molecule has 0 spiro atoms. The molecule has 1 fully saturated rings. The molecule has 0 N–H and O–H groups in total. The van der Waals surface area contributed by atoms with E-state index in [1.165, 1.54) is 16.9 Å². The number of hydrogen-bond donors (Lipinski definition) is 0. The largest absolute Gasteiger partial charge is 0.353 e. The lowest BCUT2D eigenvalue weighted by Gasteiger charge is -2.22. The minimum atomic E-state index is -1.16. The van der Waals surface area contributed by atoms with Crippen molar-refractivity contribution >= 4 is 24.0 Å². The molecule has 94 valence electrons. The van der Waals surface area contributed by atoms with Crippen LogP contribution in [-0.2, 0) is 9.47 Å². The van der Waals surface area contributed by atoms with Gasteiger partial charge in [-0.25, -0.2) is 0 Å². The number of rotatable bonds is 5. The molecule has 0 aromatic carbocycles. The Morgan fingerprint density at radius 2 is 2.19 bits per heavy atom. The quantitative estimate of drug-likeness (QED) is 0.563. The Hall–Kier alpha value is 0.357. The van der Waals surface area contributed by atoms with Gasteiger partial charge in [-0.15, -0.1) is 0 Å². The minimum Gasteiger partial charge on any atom is -0.353 e. The molecular weight excluding hydrogens is 284 g/mol. The molecule has 0 amide bonds. The smallest absolute Gasteiger partial charge is 0.157 e. The Labute approximate surface area is 109 Å². The van der Waals surface area contributed by atoms with E-state index in [4.69, 9.17) is 9.47 Å². The van der Waals surface area contributed by atoms with Gasteiger partial charge in [-0.2, -0.15) is 0 Å². The molecule has 1 rings (SSSR count). The van der Waals surface area contributed by atoms with E-state index in [1.54, 1.807) is 0 Å². The highest BCUT2D eigenvalue weighted by atomic mass is 79.9. The van der Waals surface area contributed by atoms with Gasteiger partial charge in [0.1, 0.15) is 0 Å². The van der Waals surface area contributed by atoms with Crippen molar-refractivity contribution < 1.29 is 9.47 Å². The van der Waals surface area contributed by atoms with E-state index < -0.39 is 8.07 Å². The van der Waals surface area contributed by atoms with E-state index in [0.29, 0.717) is 0 Å². The van der Waals surface area contributed by atoms with Crippen molar-refractivity contribution in [1.82, 2.24) is 0 Å². The first kappa shape index (κ1) is 14.4. The second-order valence-electron chi connectivity index (χ2n) is 5.26. The molecule has 0 unspecified atom stereocenters. The zero-order valence-corrected chi connectivity index (χ0v) is 13.2. The van der Waals surface area contributed by atoms with Gasteiger partial charge in [0.25, 0.3) is 0 Å². The molecule has 0 aromatic heterocycles. The lowest BCUT2D eigenvalue weighted by Crippen LogP contribution is -2.23. The van der Waals surface area contributed by atoms with Crippen molar-refractivity contribution in [2.24, 2.45) is 0 Å². The van der Waals surface area contributed by atoms with Crippen molar-refractivity contribution in [3.8, 4) is 0 Å². The summed E-state index contributed by atoms with van der Waals surface area (Å²) >= 11 is 3.66. The zero-order valence-electron chi connectivity index (χ0n) is 10.6. The van der Waals surface area contributed by atoms with Crippen LogP contribution in [0.5, 0.6) is 0 Å². The molecule has 2 nitrogen and oxygen atoms in total. The average Bonchev–Trinajstić information content (AvgIpc) is 2.24. The zero-order chi connectivity index (χ0) is 12.0. The highest BCUT2D eigenvalue weighted by molar-refractivity contribution is 9.12. The fourth-order valence-electron chi connectivity index (χ4n) is 1.53. The Kier molecular flexibility index (Phi) is 6.25. The maximum atomic E-state index is 5.67. The maximum absolute atomic E-state index is 5.67. The van der Waals surface area contributed by atoms with Crippen molar-refractivity contribution in [1.29, 1.82) is 0 Å². The second kappa shape index (κ2) is 6.94. The van der Waals surface area contributed by atoms with Gasteiger partial charge >= 0.3 is 0 Å². The summed E-state index contributed by atoms with van der Waals surface area (Å²) in [6.07, 6.45) is 6.76. The summed E-state index contributed by atoms with van der Waals surface area (Å²) in [5.74, 6) is 0. The molecule has 1 heterocycles. The van der Waals surface area contributed by atoms with Gasteiger partial charge in [0, 0.05) is 6.61 Å². The topological polar surface area (TPSA) is 18.5 Å². The minimum absolute atomic E-state index is 0.0489. The van der Waals surface area contributed by atoms with Gasteiger partial charge < -0.3 is 9.47 Å². The van der Waals surface area contributed by atoms with Gasteiger partial charge in [-0.05, 0) is 29.8 Å². The van der Waals surface area contributed by atoms with E-state index in [1.807, 2.05) is 0 Å². The number of hydrogen-bond acceptors (Lipinski definition) is 2. The molecule has 1 saturated heterocycles. The van der Waals surface area contributed by atoms with Gasteiger partial charge in [-0.3, -0.25) is 0 Å². The molecule has 0 aromatic rings. The van der Waals surface area contributed by atoms with Crippen LogP contribution in [0.1, 0.15) is 25.7 Å². The molecule has 0 radical (unpaired) electrons. The third kappa shape index (κ3) is 5.62. The van der Waals surface area contributed by atoms with Gasteiger partial charge in [0.15, 0.2) is 6.29 Å². The molecular formula is C12H23BrO2Si. The second-order valence-corrected chi connectivity index (χ2v) is 11.9. The Morgan fingerprint density at radius 3 is 2.75 bits per heavy atom. The highest BCUT2D eigenvalue weighted by Crippen LogP contribution is 2.21. The van der Waals surface area contributed by atoms with Gasteiger partial charge in [-0.1, -0.05) is 41.6 Å². The third-order valence-corrected chi connectivity index (χ3v) is 8.13. The summed E-state index contributed by atoms with van der Waals surface area (Å²) in [4.78, 5) is 0. The highest BCUT2D eigenvalue weighted by Gasteiger charge is 2.17. The molecule has 4 heteroatoms. The lowest BCUT2D eigenvalue weighted by atomic mass is 10.2. The molecule has 0 aliphatic carbocycles. The van der Waals surface area contributed by atoms with Gasteiger partial charge in [0.2, 0.25) is 0 Å². The molecule has 16 heavy (non-hydrogen) atoms. The molecule has 0 bridgehead atoms. The summed E-state index contributed by atoms with van der Waals surface area (Å²) in [5.41, 5.74) is 0. The molecule has 0 saturated carbocycles. The normalized spacial score (nSPS) is 23.5. The molecule has 1 aliphatic heterocycles. The maximum Gasteiger partial charge on any atom is 0.157 e.